The Morgan fingerprint density at radius 2 is 1.71 bits per heavy atom. The molecule has 2 amide bonds. The first-order valence-corrected chi connectivity index (χ1v) is 7.26. The molecule has 0 bridgehead atoms. The standard InChI is InChI=1S/C16H25N3O2/c1-13(14-8-5-4-6-9-14)12-18-16(21)15(20)17-10-7-11-19(2)3/h4-6,8-9,13H,7,10-12H2,1-3H3,(H,17,20)(H,18,21)/t13-/m0/s1. The highest BCUT2D eigenvalue weighted by Crippen LogP contribution is 2.12. The average molecular weight is 291 g/mol. The Kier molecular flexibility index (Phi) is 7.46. The van der Waals surface area contributed by atoms with Gasteiger partial charge in [-0.05, 0) is 38.5 Å². The fourth-order valence-electron chi connectivity index (χ4n) is 1.90. The molecule has 1 aromatic rings. The maximum atomic E-state index is 11.7. The molecule has 5 heteroatoms. The van der Waals surface area contributed by atoms with E-state index in [1.54, 1.807) is 0 Å². The molecular formula is C16H25N3O2. The minimum Gasteiger partial charge on any atom is -0.348 e. The van der Waals surface area contributed by atoms with Gasteiger partial charge in [0.05, 0.1) is 0 Å². The van der Waals surface area contributed by atoms with Crippen molar-refractivity contribution in [1.82, 2.24) is 15.5 Å². The van der Waals surface area contributed by atoms with Crippen LogP contribution in [0.3, 0.4) is 0 Å². The first kappa shape index (κ1) is 17.2. The van der Waals surface area contributed by atoms with E-state index >= 15 is 0 Å². The molecule has 1 rings (SSSR count). The normalized spacial score (nSPS) is 12.0. The second kappa shape index (κ2) is 9.13. The third-order valence-corrected chi connectivity index (χ3v) is 3.21. The molecule has 0 aliphatic heterocycles. The fourth-order valence-corrected chi connectivity index (χ4v) is 1.90. The van der Waals surface area contributed by atoms with Crippen molar-refractivity contribution >= 4 is 11.8 Å². The maximum Gasteiger partial charge on any atom is 0.309 e. The zero-order valence-electron chi connectivity index (χ0n) is 13.1. The van der Waals surface area contributed by atoms with Crippen LogP contribution < -0.4 is 10.6 Å². The van der Waals surface area contributed by atoms with Crippen molar-refractivity contribution in [2.45, 2.75) is 19.3 Å². The zero-order chi connectivity index (χ0) is 15.7. The van der Waals surface area contributed by atoms with Gasteiger partial charge in [0.2, 0.25) is 0 Å². The number of rotatable bonds is 7. The molecule has 1 atom stereocenters. The lowest BCUT2D eigenvalue weighted by atomic mass is 10.0. The average Bonchev–Trinajstić information content (AvgIpc) is 2.49. The second-order valence-corrected chi connectivity index (χ2v) is 5.43. The Bertz CT molecular complexity index is 446. The number of carbonyl (C=O) groups excluding carboxylic acids is 2. The predicted molar refractivity (Wildman–Crippen MR) is 84.0 cm³/mol. The highest BCUT2D eigenvalue weighted by Gasteiger charge is 2.14. The summed E-state index contributed by atoms with van der Waals surface area (Å²) < 4.78 is 0. The Hall–Kier alpha value is -1.88. The van der Waals surface area contributed by atoms with E-state index in [2.05, 4.69) is 10.6 Å². The van der Waals surface area contributed by atoms with Crippen LogP contribution in [0.25, 0.3) is 0 Å². The lowest BCUT2D eigenvalue weighted by Gasteiger charge is -2.13. The van der Waals surface area contributed by atoms with Gasteiger partial charge in [-0.3, -0.25) is 9.59 Å². The monoisotopic (exact) mass is 291 g/mol. The molecule has 0 heterocycles. The van der Waals surface area contributed by atoms with Gasteiger partial charge in [0.1, 0.15) is 0 Å². The van der Waals surface area contributed by atoms with Crippen LogP contribution in [0, 0.1) is 0 Å². The van der Waals surface area contributed by atoms with Crippen molar-refractivity contribution in [2.24, 2.45) is 0 Å². The van der Waals surface area contributed by atoms with Crippen molar-refractivity contribution < 1.29 is 9.59 Å². The number of benzene rings is 1. The molecule has 116 valence electrons. The summed E-state index contributed by atoms with van der Waals surface area (Å²) in [5.41, 5.74) is 1.14. The fraction of sp³-hybridized carbons (Fsp3) is 0.500. The molecule has 2 N–H and O–H groups in total. The van der Waals surface area contributed by atoms with Gasteiger partial charge in [-0.1, -0.05) is 37.3 Å². The van der Waals surface area contributed by atoms with Crippen LogP contribution in [0.15, 0.2) is 30.3 Å². The van der Waals surface area contributed by atoms with Gasteiger partial charge in [-0.2, -0.15) is 0 Å². The Balaban J connectivity index is 2.25. The Morgan fingerprint density at radius 1 is 1.10 bits per heavy atom. The minimum absolute atomic E-state index is 0.177. The molecule has 21 heavy (non-hydrogen) atoms. The van der Waals surface area contributed by atoms with Gasteiger partial charge in [0.15, 0.2) is 0 Å². The second-order valence-electron chi connectivity index (χ2n) is 5.43. The molecule has 0 fully saturated rings. The van der Waals surface area contributed by atoms with Gasteiger partial charge in [-0.25, -0.2) is 0 Å². The SMILES string of the molecule is C[C@@H](CNC(=O)C(=O)NCCCN(C)C)c1ccccc1. The summed E-state index contributed by atoms with van der Waals surface area (Å²) in [4.78, 5) is 25.3. The van der Waals surface area contributed by atoms with Crippen molar-refractivity contribution in [3.05, 3.63) is 35.9 Å². The first-order valence-electron chi connectivity index (χ1n) is 7.26. The van der Waals surface area contributed by atoms with Gasteiger partial charge in [0.25, 0.3) is 0 Å². The third kappa shape index (κ3) is 6.90. The van der Waals surface area contributed by atoms with Crippen molar-refractivity contribution in [2.75, 3.05) is 33.7 Å². The van der Waals surface area contributed by atoms with E-state index in [4.69, 9.17) is 0 Å². The molecule has 0 saturated heterocycles. The smallest absolute Gasteiger partial charge is 0.309 e. The zero-order valence-corrected chi connectivity index (χ0v) is 13.1. The number of nitrogens with one attached hydrogen (secondary N) is 2. The third-order valence-electron chi connectivity index (χ3n) is 3.21. The van der Waals surface area contributed by atoms with Crippen molar-refractivity contribution in [3.63, 3.8) is 0 Å². The highest BCUT2D eigenvalue weighted by atomic mass is 16.2. The van der Waals surface area contributed by atoms with E-state index < -0.39 is 11.8 Å². The maximum absolute atomic E-state index is 11.7. The lowest BCUT2D eigenvalue weighted by molar-refractivity contribution is -0.139. The van der Waals surface area contributed by atoms with Gasteiger partial charge >= 0.3 is 11.8 Å². The molecule has 0 unspecified atom stereocenters. The van der Waals surface area contributed by atoms with E-state index in [0.717, 1.165) is 18.5 Å². The summed E-state index contributed by atoms with van der Waals surface area (Å²) in [5, 5.41) is 5.29. The molecule has 0 saturated carbocycles. The van der Waals surface area contributed by atoms with Crippen LogP contribution in [0.4, 0.5) is 0 Å². The van der Waals surface area contributed by atoms with Crippen LogP contribution >= 0.6 is 0 Å². The Morgan fingerprint density at radius 3 is 2.33 bits per heavy atom. The summed E-state index contributed by atoms with van der Waals surface area (Å²) >= 11 is 0. The summed E-state index contributed by atoms with van der Waals surface area (Å²) in [6.45, 7) is 3.87. The number of hydrogen-bond donors (Lipinski definition) is 2. The summed E-state index contributed by atoms with van der Waals surface area (Å²) in [6, 6.07) is 9.91. The highest BCUT2D eigenvalue weighted by molar-refractivity contribution is 6.35. The van der Waals surface area contributed by atoms with Crippen molar-refractivity contribution in [1.29, 1.82) is 0 Å². The topological polar surface area (TPSA) is 61.4 Å². The van der Waals surface area contributed by atoms with E-state index in [1.165, 1.54) is 0 Å². The minimum atomic E-state index is -0.567. The molecule has 0 aliphatic carbocycles. The molecule has 0 aliphatic rings. The lowest BCUT2D eigenvalue weighted by Crippen LogP contribution is -2.41. The van der Waals surface area contributed by atoms with Gasteiger partial charge < -0.3 is 15.5 Å². The number of amides is 2. The molecular weight excluding hydrogens is 266 g/mol. The largest absolute Gasteiger partial charge is 0.348 e. The first-order chi connectivity index (χ1) is 10.0. The molecule has 0 aromatic heterocycles. The number of carbonyl (C=O) groups is 2. The summed E-state index contributed by atoms with van der Waals surface area (Å²) in [7, 11) is 3.94. The van der Waals surface area contributed by atoms with Crippen LogP contribution in [0.2, 0.25) is 0 Å². The van der Waals surface area contributed by atoms with E-state index in [0.29, 0.717) is 13.1 Å². The molecule has 1 aromatic carbocycles. The summed E-state index contributed by atoms with van der Waals surface area (Å²) in [5.74, 6) is -0.951. The number of nitrogens with zero attached hydrogens (tertiary/aromatic N) is 1. The van der Waals surface area contributed by atoms with Crippen LogP contribution in [-0.4, -0.2) is 50.4 Å². The molecule has 5 nitrogen and oxygen atoms in total. The van der Waals surface area contributed by atoms with E-state index in [9.17, 15) is 9.59 Å². The molecule has 0 radical (unpaired) electrons. The van der Waals surface area contributed by atoms with Crippen LogP contribution in [-0.2, 0) is 9.59 Å². The van der Waals surface area contributed by atoms with E-state index in [-0.39, 0.29) is 5.92 Å². The van der Waals surface area contributed by atoms with Crippen molar-refractivity contribution in [3.8, 4) is 0 Å². The van der Waals surface area contributed by atoms with Gasteiger partial charge in [-0.15, -0.1) is 0 Å². The van der Waals surface area contributed by atoms with Crippen LogP contribution in [0.5, 0.6) is 0 Å². The van der Waals surface area contributed by atoms with Gasteiger partial charge in [0, 0.05) is 13.1 Å². The number of hydrogen-bond acceptors (Lipinski definition) is 3. The molecule has 0 spiro atoms. The predicted octanol–water partition coefficient (Wildman–Crippen LogP) is 0.974. The Labute approximate surface area is 126 Å². The van der Waals surface area contributed by atoms with Crippen LogP contribution in [0.1, 0.15) is 24.8 Å². The van der Waals surface area contributed by atoms with E-state index in [1.807, 2.05) is 56.3 Å². The quantitative estimate of drug-likeness (QED) is 0.581. The summed E-state index contributed by atoms with van der Waals surface area (Å²) in [6.07, 6.45) is 0.826.